The van der Waals surface area contributed by atoms with Crippen LogP contribution in [0.2, 0.25) is 15.1 Å². The Labute approximate surface area is 176 Å². The number of ether oxygens (including phenoxy) is 2. The van der Waals surface area contributed by atoms with Crippen molar-refractivity contribution in [3.8, 4) is 11.5 Å². The van der Waals surface area contributed by atoms with Gasteiger partial charge in [0.2, 0.25) is 0 Å². The fourth-order valence-corrected chi connectivity index (χ4v) is 3.52. The molecule has 0 aromatic heterocycles. The molecule has 5 nitrogen and oxygen atoms in total. The average Bonchev–Trinajstić information content (AvgIpc) is 2.67. The molecule has 0 saturated carbocycles. The monoisotopic (exact) mass is 436 g/mol. The van der Waals surface area contributed by atoms with E-state index in [1.165, 1.54) is 18.3 Å². The quantitative estimate of drug-likeness (QED) is 0.418. The molecule has 0 aliphatic carbocycles. The highest BCUT2D eigenvalue weighted by atomic mass is 35.5. The lowest BCUT2D eigenvalue weighted by atomic mass is 10.0. The molecule has 0 saturated heterocycles. The van der Waals surface area contributed by atoms with E-state index in [4.69, 9.17) is 44.3 Å². The maximum atomic E-state index is 12.0. The Bertz CT molecular complexity index is 1030. The van der Waals surface area contributed by atoms with Crippen LogP contribution >= 0.6 is 34.8 Å². The second kappa shape index (κ2) is 9.15. The van der Waals surface area contributed by atoms with Crippen LogP contribution in [0.4, 0.5) is 0 Å². The Morgan fingerprint density at radius 1 is 1.11 bits per heavy atom. The molecule has 0 aliphatic heterocycles. The number of carbonyl (C=O) groups excluding carboxylic acids is 1. The van der Waals surface area contributed by atoms with Gasteiger partial charge in [-0.25, -0.2) is 5.43 Å². The van der Waals surface area contributed by atoms with Gasteiger partial charge in [-0.05, 0) is 29.0 Å². The molecule has 3 aromatic carbocycles. The summed E-state index contributed by atoms with van der Waals surface area (Å²) in [5.41, 5.74) is 3.16. The van der Waals surface area contributed by atoms with E-state index in [1.807, 2.05) is 36.4 Å². The van der Waals surface area contributed by atoms with Gasteiger partial charge in [0.25, 0.3) is 5.91 Å². The SMILES string of the molecule is COc1ccc2ccccc2c1/C=N\NC(=O)COc1c(Cl)cc(Cl)cc1Cl. The summed E-state index contributed by atoms with van der Waals surface area (Å²) in [7, 11) is 1.58. The molecule has 1 N–H and O–H groups in total. The fraction of sp³-hybridized carbons (Fsp3) is 0.100. The van der Waals surface area contributed by atoms with Gasteiger partial charge in [-0.2, -0.15) is 5.10 Å². The van der Waals surface area contributed by atoms with Crippen molar-refractivity contribution < 1.29 is 14.3 Å². The van der Waals surface area contributed by atoms with E-state index in [9.17, 15) is 4.79 Å². The summed E-state index contributed by atoms with van der Waals surface area (Å²) < 4.78 is 10.8. The van der Waals surface area contributed by atoms with Gasteiger partial charge >= 0.3 is 0 Å². The van der Waals surface area contributed by atoms with Crippen LogP contribution < -0.4 is 14.9 Å². The van der Waals surface area contributed by atoms with E-state index in [0.29, 0.717) is 10.8 Å². The zero-order valence-electron chi connectivity index (χ0n) is 14.7. The van der Waals surface area contributed by atoms with Gasteiger partial charge in [0.1, 0.15) is 5.75 Å². The molecular weight excluding hydrogens is 423 g/mol. The molecular formula is C20H15Cl3N2O3. The van der Waals surface area contributed by atoms with Gasteiger partial charge in [-0.3, -0.25) is 4.79 Å². The van der Waals surface area contributed by atoms with Gasteiger partial charge in [0.15, 0.2) is 12.4 Å². The Morgan fingerprint density at radius 2 is 1.82 bits per heavy atom. The lowest BCUT2D eigenvalue weighted by Crippen LogP contribution is -2.24. The van der Waals surface area contributed by atoms with E-state index in [0.717, 1.165) is 16.3 Å². The van der Waals surface area contributed by atoms with Crippen molar-refractivity contribution in [1.29, 1.82) is 0 Å². The number of nitrogens with zero attached hydrogens (tertiary/aromatic N) is 1. The van der Waals surface area contributed by atoms with Gasteiger partial charge in [0, 0.05) is 10.6 Å². The molecule has 0 aliphatic rings. The molecule has 1 amide bonds. The molecule has 0 radical (unpaired) electrons. The number of hydrazone groups is 1. The summed E-state index contributed by atoms with van der Waals surface area (Å²) in [4.78, 5) is 12.0. The standard InChI is InChI=1S/C20H15Cl3N2O3/c1-27-18-7-6-12-4-2-3-5-14(12)15(18)10-24-25-19(26)11-28-20-16(22)8-13(21)9-17(20)23/h2-10H,11H2,1H3,(H,25,26)/b24-10-. The van der Waals surface area contributed by atoms with Crippen molar-refractivity contribution in [3.05, 3.63) is 69.2 Å². The Hall–Kier alpha value is -2.47. The van der Waals surface area contributed by atoms with Crippen LogP contribution in [-0.2, 0) is 4.79 Å². The number of benzene rings is 3. The normalized spacial score (nSPS) is 11.0. The van der Waals surface area contributed by atoms with Crippen molar-refractivity contribution in [2.45, 2.75) is 0 Å². The Kier molecular flexibility index (Phi) is 6.62. The lowest BCUT2D eigenvalue weighted by Gasteiger charge is -2.10. The van der Waals surface area contributed by atoms with Crippen LogP contribution in [0.15, 0.2) is 53.6 Å². The maximum Gasteiger partial charge on any atom is 0.277 e. The van der Waals surface area contributed by atoms with Crippen molar-refractivity contribution in [2.24, 2.45) is 5.10 Å². The van der Waals surface area contributed by atoms with Crippen molar-refractivity contribution >= 4 is 57.7 Å². The number of hydrogen-bond acceptors (Lipinski definition) is 4. The first-order valence-corrected chi connectivity index (χ1v) is 9.28. The number of hydrogen-bond donors (Lipinski definition) is 1. The summed E-state index contributed by atoms with van der Waals surface area (Å²) in [6.45, 7) is -0.314. The predicted molar refractivity (Wildman–Crippen MR) is 113 cm³/mol. The van der Waals surface area contributed by atoms with Crippen molar-refractivity contribution in [3.63, 3.8) is 0 Å². The molecule has 0 bridgehead atoms. The molecule has 0 heterocycles. The summed E-state index contributed by atoms with van der Waals surface area (Å²) >= 11 is 17.9. The second-order valence-electron chi connectivity index (χ2n) is 5.68. The van der Waals surface area contributed by atoms with Crippen LogP contribution in [-0.4, -0.2) is 25.8 Å². The molecule has 28 heavy (non-hydrogen) atoms. The Balaban J connectivity index is 1.68. The first kappa shape index (κ1) is 20.3. The average molecular weight is 438 g/mol. The third-order valence-corrected chi connectivity index (χ3v) is 4.62. The molecule has 3 aromatic rings. The maximum absolute atomic E-state index is 12.0. The molecule has 0 atom stereocenters. The van der Waals surface area contributed by atoms with E-state index < -0.39 is 5.91 Å². The second-order valence-corrected chi connectivity index (χ2v) is 6.93. The molecule has 0 unspecified atom stereocenters. The summed E-state index contributed by atoms with van der Waals surface area (Å²) in [6, 6.07) is 14.6. The van der Waals surface area contributed by atoms with E-state index in [-0.39, 0.29) is 22.4 Å². The van der Waals surface area contributed by atoms with Gasteiger partial charge in [-0.15, -0.1) is 0 Å². The summed E-state index contributed by atoms with van der Waals surface area (Å²) in [6.07, 6.45) is 1.53. The van der Waals surface area contributed by atoms with Crippen LogP contribution in [0.25, 0.3) is 10.8 Å². The molecule has 8 heteroatoms. The highest BCUT2D eigenvalue weighted by Gasteiger charge is 2.11. The minimum absolute atomic E-state index is 0.183. The fourth-order valence-electron chi connectivity index (χ4n) is 2.59. The molecule has 0 fully saturated rings. The number of nitrogens with one attached hydrogen (secondary N) is 1. The van der Waals surface area contributed by atoms with Crippen molar-refractivity contribution in [2.75, 3.05) is 13.7 Å². The van der Waals surface area contributed by atoms with Gasteiger partial charge < -0.3 is 9.47 Å². The first-order valence-electron chi connectivity index (χ1n) is 8.14. The highest BCUT2D eigenvalue weighted by molar-refractivity contribution is 6.40. The first-order chi connectivity index (χ1) is 13.5. The van der Waals surface area contributed by atoms with Crippen LogP contribution in [0.3, 0.4) is 0 Å². The number of amides is 1. The number of rotatable bonds is 6. The van der Waals surface area contributed by atoms with Gasteiger partial charge in [0.05, 0.1) is 23.4 Å². The minimum Gasteiger partial charge on any atom is -0.496 e. The summed E-state index contributed by atoms with van der Waals surface area (Å²) in [5.74, 6) is 0.354. The topological polar surface area (TPSA) is 59.9 Å². The third-order valence-electron chi connectivity index (χ3n) is 3.84. The van der Waals surface area contributed by atoms with E-state index >= 15 is 0 Å². The zero-order chi connectivity index (χ0) is 20.1. The van der Waals surface area contributed by atoms with Crippen molar-refractivity contribution in [1.82, 2.24) is 5.43 Å². The van der Waals surface area contributed by atoms with E-state index in [2.05, 4.69) is 10.5 Å². The minimum atomic E-state index is -0.475. The largest absolute Gasteiger partial charge is 0.496 e. The number of carbonyl (C=O) groups is 1. The van der Waals surface area contributed by atoms with Gasteiger partial charge in [-0.1, -0.05) is 65.1 Å². The Morgan fingerprint density at radius 3 is 2.54 bits per heavy atom. The molecule has 0 spiro atoms. The number of methoxy groups -OCH3 is 1. The number of fused-ring (bicyclic) bond motifs is 1. The molecule has 3 rings (SSSR count). The molecule has 144 valence electrons. The highest BCUT2D eigenvalue weighted by Crippen LogP contribution is 2.35. The third kappa shape index (κ3) is 4.68. The smallest absolute Gasteiger partial charge is 0.277 e. The van der Waals surface area contributed by atoms with Crippen LogP contribution in [0.1, 0.15) is 5.56 Å². The van der Waals surface area contributed by atoms with Crippen LogP contribution in [0, 0.1) is 0 Å². The van der Waals surface area contributed by atoms with Crippen LogP contribution in [0.5, 0.6) is 11.5 Å². The predicted octanol–water partition coefficient (Wildman–Crippen LogP) is 5.34. The zero-order valence-corrected chi connectivity index (χ0v) is 17.0. The van der Waals surface area contributed by atoms with E-state index in [1.54, 1.807) is 7.11 Å². The lowest BCUT2D eigenvalue weighted by molar-refractivity contribution is -0.123. The number of halogens is 3. The summed E-state index contributed by atoms with van der Waals surface area (Å²) in [5, 5.41) is 6.80.